The quantitative estimate of drug-likeness (QED) is 0.651. The number of nitrogen functional groups attached to an aromatic ring is 1. The van der Waals surface area contributed by atoms with Gasteiger partial charge in [0, 0.05) is 25.3 Å². The summed E-state index contributed by atoms with van der Waals surface area (Å²) < 4.78 is 0. The predicted molar refractivity (Wildman–Crippen MR) is 75.6 cm³/mol. The van der Waals surface area contributed by atoms with Crippen molar-refractivity contribution in [1.82, 2.24) is 5.32 Å². The van der Waals surface area contributed by atoms with Crippen LogP contribution < -0.4 is 11.1 Å². The Morgan fingerprint density at radius 3 is 2.58 bits per heavy atom. The molecule has 1 aliphatic rings. The third-order valence-electron chi connectivity index (χ3n) is 3.88. The standard InChI is InChI=1S/C15H22N2O2/c16-13-4-1-12(2-5-13)3-6-14(19)17-11-15(7-8-15)9-10-18/h1-2,4-5,18H,3,6-11,16H2,(H,17,19). The summed E-state index contributed by atoms with van der Waals surface area (Å²) in [6.45, 7) is 0.912. The van der Waals surface area contributed by atoms with Crippen molar-refractivity contribution in [3.05, 3.63) is 29.8 Å². The van der Waals surface area contributed by atoms with E-state index in [1.807, 2.05) is 24.3 Å². The lowest BCUT2D eigenvalue weighted by Crippen LogP contribution is -2.30. The van der Waals surface area contributed by atoms with Crippen molar-refractivity contribution in [3.63, 3.8) is 0 Å². The number of hydrogen-bond acceptors (Lipinski definition) is 3. The number of hydrogen-bond donors (Lipinski definition) is 3. The Bertz CT molecular complexity index is 424. The van der Waals surface area contributed by atoms with E-state index >= 15 is 0 Å². The highest BCUT2D eigenvalue weighted by Crippen LogP contribution is 2.47. The van der Waals surface area contributed by atoms with Crippen LogP contribution in [0.4, 0.5) is 5.69 Å². The van der Waals surface area contributed by atoms with E-state index in [1.54, 1.807) is 0 Å². The molecule has 4 N–H and O–H groups in total. The third-order valence-corrected chi connectivity index (χ3v) is 3.88. The van der Waals surface area contributed by atoms with Gasteiger partial charge in [0.2, 0.25) is 5.91 Å². The number of nitrogens with two attached hydrogens (primary N) is 1. The molecule has 0 radical (unpaired) electrons. The summed E-state index contributed by atoms with van der Waals surface area (Å²) in [5.74, 6) is 0.0843. The number of carbonyl (C=O) groups is 1. The second-order valence-corrected chi connectivity index (χ2v) is 5.49. The lowest BCUT2D eigenvalue weighted by atomic mass is 10.0. The molecule has 2 rings (SSSR count). The van der Waals surface area contributed by atoms with Crippen LogP contribution in [0.25, 0.3) is 0 Å². The molecule has 0 aliphatic heterocycles. The van der Waals surface area contributed by atoms with E-state index in [-0.39, 0.29) is 17.9 Å². The molecule has 4 nitrogen and oxygen atoms in total. The Morgan fingerprint density at radius 1 is 1.32 bits per heavy atom. The Hall–Kier alpha value is -1.55. The molecule has 19 heavy (non-hydrogen) atoms. The molecular weight excluding hydrogens is 240 g/mol. The van der Waals surface area contributed by atoms with E-state index < -0.39 is 0 Å². The van der Waals surface area contributed by atoms with Crippen LogP contribution in [0.1, 0.15) is 31.2 Å². The molecule has 1 aromatic carbocycles. The first-order valence-corrected chi connectivity index (χ1v) is 6.86. The van der Waals surface area contributed by atoms with Gasteiger partial charge in [-0.2, -0.15) is 0 Å². The normalized spacial score (nSPS) is 16.1. The summed E-state index contributed by atoms with van der Waals surface area (Å²) in [5, 5.41) is 11.9. The second-order valence-electron chi connectivity index (χ2n) is 5.49. The first-order valence-electron chi connectivity index (χ1n) is 6.86. The maximum Gasteiger partial charge on any atom is 0.220 e. The zero-order valence-corrected chi connectivity index (χ0v) is 11.2. The molecule has 0 aromatic heterocycles. The smallest absolute Gasteiger partial charge is 0.220 e. The number of nitrogens with one attached hydrogen (secondary N) is 1. The summed E-state index contributed by atoms with van der Waals surface area (Å²) in [6.07, 6.45) is 4.26. The van der Waals surface area contributed by atoms with Gasteiger partial charge in [0.25, 0.3) is 0 Å². The fraction of sp³-hybridized carbons (Fsp3) is 0.533. The Morgan fingerprint density at radius 2 is 2.00 bits per heavy atom. The van der Waals surface area contributed by atoms with Gasteiger partial charge in [-0.3, -0.25) is 4.79 Å². The van der Waals surface area contributed by atoms with Crippen molar-refractivity contribution in [2.75, 3.05) is 18.9 Å². The van der Waals surface area contributed by atoms with Crippen molar-refractivity contribution >= 4 is 11.6 Å². The third kappa shape index (κ3) is 4.24. The molecule has 0 atom stereocenters. The highest BCUT2D eigenvalue weighted by atomic mass is 16.3. The van der Waals surface area contributed by atoms with E-state index in [0.717, 1.165) is 36.9 Å². The minimum atomic E-state index is 0.0843. The van der Waals surface area contributed by atoms with E-state index in [0.29, 0.717) is 13.0 Å². The van der Waals surface area contributed by atoms with E-state index in [1.165, 1.54) is 0 Å². The van der Waals surface area contributed by atoms with Gasteiger partial charge in [0.15, 0.2) is 0 Å². The van der Waals surface area contributed by atoms with Crippen LogP contribution in [0.5, 0.6) is 0 Å². The first kappa shape index (κ1) is 13.9. The first-order chi connectivity index (χ1) is 9.13. The summed E-state index contributed by atoms with van der Waals surface area (Å²) in [5.41, 5.74) is 7.67. The summed E-state index contributed by atoms with van der Waals surface area (Å²) in [4.78, 5) is 11.8. The van der Waals surface area contributed by atoms with Gasteiger partial charge in [-0.1, -0.05) is 12.1 Å². The Labute approximate surface area is 114 Å². The van der Waals surface area contributed by atoms with Crippen molar-refractivity contribution < 1.29 is 9.90 Å². The van der Waals surface area contributed by atoms with Gasteiger partial charge in [-0.25, -0.2) is 0 Å². The van der Waals surface area contributed by atoms with Crippen LogP contribution in [-0.2, 0) is 11.2 Å². The predicted octanol–water partition coefficient (Wildman–Crippen LogP) is 1.48. The molecule has 0 saturated heterocycles. The molecule has 0 unspecified atom stereocenters. The van der Waals surface area contributed by atoms with Crippen LogP contribution in [0.15, 0.2) is 24.3 Å². The molecule has 1 aromatic rings. The topological polar surface area (TPSA) is 75.4 Å². The van der Waals surface area contributed by atoms with E-state index in [9.17, 15) is 4.79 Å². The number of aliphatic hydroxyl groups is 1. The lowest BCUT2D eigenvalue weighted by molar-refractivity contribution is -0.121. The zero-order chi connectivity index (χ0) is 13.7. The average molecular weight is 262 g/mol. The molecule has 0 bridgehead atoms. The fourth-order valence-corrected chi connectivity index (χ4v) is 2.25. The number of anilines is 1. The van der Waals surface area contributed by atoms with Crippen LogP contribution >= 0.6 is 0 Å². The summed E-state index contributed by atoms with van der Waals surface area (Å²) >= 11 is 0. The highest BCUT2D eigenvalue weighted by Gasteiger charge is 2.41. The monoisotopic (exact) mass is 262 g/mol. The maximum atomic E-state index is 11.8. The molecule has 1 aliphatic carbocycles. The van der Waals surface area contributed by atoms with E-state index in [4.69, 9.17) is 10.8 Å². The molecule has 1 fully saturated rings. The number of rotatable bonds is 7. The molecular formula is C15H22N2O2. The van der Waals surface area contributed by atoms with Crippen molar-refractivity contribution in [3.8, 4) is 0 Å². The second kappa shape index (κ2) is 6.06. The van der Waals surface area contributed by atoms with Gasteiger partial charge >= 0.3 is 0 Å². The largest absolute Gasteiger partial charge is 0.399 e. The van der Waals surface area contributed by atoms with Gasteiger partial charge < -0.3 is 16.2 Å². The minimum absolute atomic E-state index is 0.0843. The van der Waals surface area contributed by atoms with Crippen LogP contribution in [0.3, 0.4) is 0 Å². The lowest BCUT2D eigenvalue weighted by Gasteiger charge is -2.14. The van der Waals surface area contributed by atoms with E-state index in [2.05, 4.69) is 5.32 Å². The van der Waals surface area contributed by atoms with Gasteiger partial charge in [0.1, 0.15) is 0 Å². The summed E-state index contributed by atoms with van der Waals surface area (Å²) in [7, 11) is 0. The minimum Gasteiger partial charge on any atom is -0.399 e. The number of aryl methyl sites for hydroxylation is 1. The number of aliphatic hydroxyl groups excluding tert-OH is 1. The van der Waals surface area contributed by atoms with Crippen LogP contribution in [0, 0.1) is 5.41 Å². The number of amides is 1. The molecule has 1 amide bonds. The van der Waals surface area contributed by atoms with Gasteiger partial charge in [-0.05, 0) is 48.8 Å². The molecule has 1 saturated carbocycles. The van der Waals surface area contributed by atoms with Crippen molar-refractivity contribution in [2.24, 2.45) is 5.41 Å². The number of benzene rings is 1. The SMILES string of the molecule is Nc1ccc(CCC(=O)NCC2(CCO)CC2)cc1. The average Bonchev–Trinajstić information content (AvgIpc) is 3.17. The van der Waals surface area contributed by atoms with Crippen molar-refractivity contribution in [1.29, 1.82) is 0 Å². The van der Waals surface area contributed by atoms with Gasteiger partial charge in [0.05, 0.1) is 0 Å². The number of carbonyl (C=O) groups excluding carboxylic acids is 1. The zero-order valence-electron chi connectivity index (χ0n) is 11.2. The molecule has 4 heteroatoms. The van der Waals surface area contributed by atoms with Crippen LogP contribution in [0.2, 0.25) is 0 Å². The molecule has 0 spiro atoms. The maximum absolute atomic E-state index is 11.8. The Kier molecular flexibility index (Phi) is 4.43. The fourth-order valence-electron chi connectivity index (χ4n) is 2.25. The highest BCUT2D eigenvalue weighted by molar-refractivity contribution is 5.76. The van der Waals surface area contributed by atoms with Gasteiger partial charge in [-0.15, -0.1) is 0 Å². The molecule has 0 heterocycles. The van der Waals surface area contributed by atoms with Crippen molar-refractivity contribution in [2.45, 2.75) is 32.1 Å². The van der Waals surface area contributed by atoms with Crippen LogP contribution in [-0.4, -0.2) is 24.2 Å². The molecule has 104 valence electrons. The Balaban J connectivity index is 1.69. The summed E-state index contributed by atoms with van der Waals surface area (Å²) in [6, 6.07) is 7.62.